The van der Waals surface area contributed by atoms with Crippen LogP contribution in [0.4, 0.5) is 0 Å². The minimum atomic E-state index is -3.96. The van der Waals surface area contributed by atoms with Crippen molar-refractivity contribution in [1.82, 2.24) is 5.32 Å². The number of carbonyl (C=O) groups is 1. The van der Waals surface area contributed by atoms with Gasteiger partial charge in [-0.25, -0.2) is 8.42 Å². The van der Waals surface area contributed by atoms with Crippen LogP contribution < -0.4 is 10.1 Å². The molecule has 0 saturated heterocycles. The molecular weight excluding hydrogens is 302 g/mol. The van der Waals surface area contributed by atoms with Gasteiger partial charge in [-0.2, -0.15) is 0 Å². The first-order valence-corrected chi connectivity index (χ1v) is 8.72. The highest BCUT2D eigenvalue weighted by Crippen LogP contribution is 2.29. The quantitative estimate of drug-likeness (QED) is 0.816. The highest BCUT2D eigenvalue weighted by molar-refractivity contribution is 8.13. The van der Waals surface area contributed by atoms with Gasteiger partial charge >= 0.3 is 0 Å². The van der Waals surface area contributed by atoms with Crippen LogP contribution >= 0.6 is 10.7 Å². The molecule has 1 aliphatic carbocycles. The normalized spacial score (nSPS) is 14.9. The van der Waals surface area contributed by atoms with E-state index in [-0.39, 0.29) is 22.1 Å². The molecule has 0 bridgehead atoms. The molecule has 0 aromatic heterocycles. The van der Waals surface area contributed by atoms with Gasteiger partial charge in [-0.1, -0.05) is 0 Å². The van der Waals surface area contributed by atoms with Gasteiger partial charge in [0, 0.05) is 22.8 Å². The van der Waals surface area contributed by atoms with E-state index in [1.165, 1.54) is 18.2 Å². The summed E-state index contributed by atoms with van der Waals surface area (Å²) >= 11 is 0. The van der Waals surface area contributed by atoms with Crippen LogP contribution in [0.3, 0.4) is 0 Å². The van der Waals surface area contributed by atoms with Crippen molar-refractivity contribution in [3.8, 4) is 5.75 Å². The monoisotopic (exact) mass is 317 g/mol. The Morgan fingerprint density at radius 2 is 2.15 bits per heavy atom. The van der Waals surface area contributed by atoms with E-state index < -0.39 is 9.05 Å². The fourth-order valence-electron chi connectivity index (χ4n) is 1.78. The van der Waals surface area contributed by atoms with Gasteiger partial charge in [0.2, 0.25) is 0 Å². The summed E-state index contributed by atoms with van der Waals surface area (Å²) in [5.74, 6) is 0.403. The first kappa shape index (κ1) is 15.1. The Morgan fingerprint density at radius 3 is 2.70 bits per heavy atom. The van der Waals surface area contributed by atoms with E-state index in [0.29, 0.717) is 19.1 Å². The zero-order chi connectivity index (χ0) is 14.8. The second-order valence-electron chi connectivity index (χ2n) is 4.69. The number of hydrogen-bond donors (Lipinski definition) is 1. The van der Waals surface area contributed by atoms with Gasteiger partial charge in [0.15, 0.2) is 0 Å². The molecule has 0 atom stereocenters. The zero-order valence-electron chi connectivity index (χ0n) is 11.1. The molecule has 1 aromatic carbocycles. The van der Waals surface area contributed by atoms with Gasteiger partial charge in [-0.05, 0) is 43.9 Å². The zero-order valence-corrected chi connectivity index (χ0v) is 12.6. The maximum Gasteiger partial charge on any atom is 0.265 e. The summed E-state index contributed by atoms with van der Waals surface area (Å²) in [6.07, 6.45) is 2.26. The van der Waals surface area contributed by atoms with Gasteiger partial charge in [0.05, 0.1) is 6.61 Å². The largest absolute Gasteiger partial charge is 0.492 e. The molecule has 0 radical (unpaired) electrons. The van der Waals surface area contributed by atoms with Crippen molar-refractivity contribution in [1.29, 1.82) is 0 Å². The molecular formula is C13H16ClNO4S. The highest BCUT2D eigenvalue weighted by atomic mass is 35.7. The van der Waals surface area contributed by atoms with E-state index in [4.69, 9.17) is 15.4 Å². The van der Waals surface area contributed by atoms with E-state index >= 15 is 0 Å². The fourth-order valence-corrected chi connectivity index (χ4v) is 2.77. The number of amides is 1. The summed E-state index contributed by atoms with van der Waals surface area (Å²) in [5.41, 5.74) is 0.258. The molecule has 0 spiro atoms. The van der Waals surface area contributed by atoms with Crippen LogP contribution in [0.2, 0.25) is 0 Å². The second kappa shape index (κ2) is 6.01. The summed E-state index contributed by atoms with van der Waals surface area (Å²) in [4.78, 5) is 11.8. The molecule has 5 nitrogen and oxygen atoms in total. The summed E-state index contributed by atoms with van der Waals surface area (Å²) < 4.78 is 28.3. The molecule has 0 unspecified atom stereocenters. The number of carbonyl (C=O) groups excluding carboxylic acids is 1. The first-order valence-electron chi connectivity index (χ1n) is 6.41. The van der Waals surface area contributed by atoms with Crippen molar-refractivity contribution in [2.45, 2.75) is 24.7 Å². The molecule has 110 valence electrons. The van der Waals surface area contributed by atoms with E-state index in [9.17, 15) is 13.2 Å². The second-order valence-corrected chi connectivity index (χ2v) is 7.22. The van der Waals surface area contributed by atoms with E-state index in [2.05, 4.69) is 5.32 Å². The number of benzene rings is 1. The predicted molar refractivity (Wildman–Crippen MR) is 75.7 cm³/mol. The third kappa shape index (κ3) is 3.86. The highest BCUT2D eigenvalue weighted by Gasteiger charge is 2.23. The number of hydrogen-bond acceptors (Lipinski definition) is 4. The SMILES string of the molecule is CCOc1ccc(C(=O)NCC2CC2)cc1S(=O)(=O)Cl. The molecule has 1 aromatic rings. The van der Waals surface area contributed by atoms with E-state index in [1.807, 2.05) is 0 Å². The van der Waals surface area contributed by atoms with Crippen molar-refractivity contribution in [2.75, 3.05) is 13.2 Å². The van der Waals surface area contributed by atoms with Crippen LogP contribution in [0.25, 0.3) is 0 Å². The Labute approximate surface area is 122 Å². The van der Waals surface area contributed by atoms with Crippen LogP contribution in [0.5, 0.6) is 5.75 Å². The summed E-state index contributed by atoms with van der Waals surface area (Å²) in [6.45, 7) is 2.67. The molecule has 20 heavy (non-hydrogen) atoms. The number of halogens is 1. The van der Waals surface area contributed by atoms with E-state index in [1.54, 1.807) is 6.92 Å². The average Bonchev–Trinajstić information content (AvgIpc) is 3.19. The van der Waals surface area contributed by atoms with Crippen molar-refractivity contribution in [3.05, 3.63) is 23.8 Å². The number of nitrogens with one attached hydrogen (secondary N) is 1. The maximum absolute atomic E-state index is 11.9. The minimum Gasteiger partial charge on any atom is -0.492 e. The molecule has 1 fully saturated rings. The van der Waals surface area contributed by atoms with Gasteiger partial charge in [-0.3, -0.25) is 4.79 Å². The van der Waals surface area contributed by atoms with Gasteiger partial charge < -0.3 is 10.1 Å². The lowest BCUT2D eigenvalue weighted by atomic mass is 10.2. The van der Waals surface area contributed by atoms with E-state index in [0.717, 1.165) is 12.8 Å². The first-order chi connectivity index (χ1) is 9.41. The lowest BCUT2D eigenvalue weighted by Gasteiger charge is -2.10. The van der Waals surface area contributed by atoms with Crippen molar-refractivity contribution in [3.63, 3.8) is 0 Å². The molecule has 1 N–H and O–H groups in total. The molecule has 7 heteroatoms. The van der Waals surface area contributed by atoms with Crippen LogP contribution in [0.15, 0.2) is 23.1 Å². The lowest BCUT2D eigenvalue weighted by molar-refractivity contribution is 0.0951. The minimum absolute atomic E-state index is 0.154. The summed E-state index contributed by atoms with van der Waals surface area (Å²) in [6, 6.07) is 4.22. The van der Waals surface area contributed by atoms with Crippen molar-refractivity contribution < 1.29 is 17.9 Å². The number of rotatable bonds is 6. The fraction of sp³-hybridized carbons (Fsp3) is 0.462. The molecule has 1 amide bonds. The standard InChI is InChI=1S/C13H16ClNO4S/c1-2-19-11-6-5-10(7-12(11)20(14,17)18)13(16)15-8-9-3-4-9/h5-7,9H,2-4,8H2,1H3,(H,15,16). The Kier molecular flexibility index (Phi) is 4.55. The van der Waals surface area contributed by atoms with Crippen LogP contribution in [-0.4, -0.2) is 27.5 Å². The molecule has 1 saturated carbocycles. The van der Waals surface area contributed by atoms with Crippen molar-refractivity contribution in [2.24, 2.45) is 5.92 Å². The van der Waals surface area contributed by atoms with Gasteiger partial charge in [0.25, 0.3) is 15.0 Å². The molecule has 1 aliphatic rings. The predicted octanol–water partition coefficient (Wildman–Crippen LogP) is 2.15. The Morgan fingerprint density at radius 1 is 1.45 bits per heavy atom. The number of ether oxygens (including phenoxy) is 1. The van der Waals surface area contributed by atoms with Crippen LogP contribution in [-0.2, 0) is 9.05 Å². The Bertz CT molecular complexity index is 611. The van der Waals surface area contributed by atoms with Crippen molar-refractivity contribution >= 4 is 25.6 Å². The van der Waals surface area contributed by atoms with Gasteiger partial charge in [-0.15, -0.1) is 0 Å². The summed E-state index contributed by atoms with van der Waals surface area (Å²) in [5, 5.41) is 2.77. The van der Waals surface area contributed by atoms with Gasteiger partial charge in [0.1, 0.15) is 10.6 Å². The van der Waals surface area contributed by atoms with Crippen LogP contribution in [0, 0.1) is 5.92 Å². The third-order valence-electron chi connectivity index (χ3n) is 3.02. The maximum atomic E-state index is 11.9. The lowest BCUT2D eigenvalue weighted by Crippen LogP contribution is -2.25. The smallest absolute Gasteiger partial charge is 0.265 e. The Balaban J connectivity index is 2.23. The molecule has 0 aliphatic heterocycles. The Hall–Kier alpha value is -1.27. The topological polar surface area (TPSA) is 72.5 Å². The molecule has 0 heterocycles. The van der Waals surface area contributed by atoms with Crippen LogP contribution in [0.1, 0.15) is 30.1 Å². The molecule has 2 rings (SSSR count). The average molecular weight is 318 g/mol. The summed E-state index contributed by atoms with van der Waals surface area (Å²) in [7, 11) is 1.41. The third-order valence-corrected chi connectivity index (χ3v) is 4.36.